The van der Waals surface area contributed by atoms with Crippen LogP contribution in [0.25, 0.3) is 11.2 Å². The van der Waals surface area contributed by atoms with Gasteiger partial charge in [-0.15, -0.1) is 4.52 Å². The van der Waals surface area contributed by atoms with E-state index in [1.54, 1.807) is 38.6 Å². The molecule has 2 aromatic heterocycles. The topological polar surface area (TPSA) is 170 Å². The molecule has 2 rings (SSSR count). The fourth-order valence-corrected chi connectivity index (χ4v) is 4.82. The van der Waals surface area contributed by atoms with Crippen LogP contribution in [0.2, 0.25) is 0 Å². The first-order valence-corrected chi connectivity index (χ1v) is 14.8. The number of anilines is 1. The highest BCUT2D eigenvalue weighted by Crippen LogP contribution is 2.33. The lowest BCUT2D eigenvalue weighted by Gasteiger charge is -2.25. The van der Waals surface area contributed by atoms with Crippen LogP contribution in [-0.2, 0) is 39.4 Å². The zero-order valence-corrected chi connectivity index (χ0v) is 25.5. The lowest BCUT2D eigenvalue weighted by Crippen LogP contribution is -2.47. The average Bonchev–Trinajstić information content (AvgIpc) is 3.26. The summed E-state index contributed by atoms with van der Waals surface area (Å²) in [6.45, 7) is 12.8. The van der Waals surface area contributed by atoms with Gasteiger partial charge in [-0.05, 0) is 52.5 Å². The van der Waals surface area contributed by atoms with E-state index < -0.39 is 37.4 Å². The molecule has 2 heterocycles. The van der Waals surface area contributed by atoms with Gasteiger partial charge in [0.15, 0.2) is 17.0 Å². The largest absolute Gasteiger partial charge is 0.615 e. The quantitative estimate of drug-likeness (QED) is 0.147. The first kappa shape index (κ1) is 33.5. The van der Waals surface area contributed by atoms with Crippen LogP contribution in [0.1, 0.15) is 80.6 Å². The minimum absolute atomic E-state index is 0.0493. The molecule has 0 aliphatic heterocycles. The van der Waals surface area contributed by atoms with Gasteiger partial charge in [0.05, 0.1) is 38.3 Å². The molecule has 13 nitrogen and oxygen atoms in total. The summed E-state index contributed by atoms with van der Waals surface area (Å²) in [6, 6.07) is 0. The van der Waals surface area contributed by atoms with Crippen molar-refractivity contribution in [2.24, 2.45) is 0 Å². The number of aromatic nitrogens is 4. The van der Waals surface area contributed by atoms with Crippen molar-refractivity contribution in [3.05, 3.63) is 12.7 Å². The lowest BCUT2D eigenvalue weighted by molar-refractivity contribution is -0.166. The van der Waals surface area contributed by atoms with Crippen LogP contribution in [0.3, 0.4) is 0 Å². The molecule has 0 fully saturated rings. The van der Waals surface area contributed by atoms with Crippen molar-refractivity contribution in [2.75, 3.05) is 18.9 Å². The number of nitrogens with two attached hydrogens (primary N) is 1. The number of nitrogen functional groups attached to an aromatic ring is 1. The van der Waals surface area contributed by atoms with Crippen LogP contribution in [0, 0.1) is 0 Å². The number of nitrogens with one attached hydrogen (secondary N) is 1. The van der Waals surface area contributed by atoms with Crippen molar-refractivity contribution in [3.63, 3.8) is 0 Å². The van der Waals surface area contributed by atoms with E-state index in [0.29, 0.717) is 23.5 Å². The Morgan fingerprint density at radius 1 is 1.07 bits per heavy atom. The molecule has 0 bridgehead atoms. The third-order valence-electron chi connectivity index (χ3n) is 6.04. The number of carbonyl (C=O) groups excluding carboxylic acids is 2. The molecule has 224 valence electrons. The van der Waals surface area contributed by atoms with Crippen molar-refractivity contribution in [2.45, 2.75) is 110 Å². The summed E-state index contributed by atoms with van der Waals surface area (Å²) in [6.07, 6.45) is 6.19. The summed E-state index contributed by atoms with van der Waals surface area (Å²) in [4.78, 5) is 37.9. The maximum atomic E-state index is 13.0. The van der Waals surface area contributed by atoms with E-state index in [9.17, 15) is 14.2 Å². The number of ether oxygens (including phenoxy) is 3. The summed E-state index contributed by atoms with van der Waals surface area (Å²) in [7, 11) is -2.65. The van der Waals surface area contributed by atoms with Gasteiger partial charge in [0.2, 0.25) is 5.60 Å². The highest BCUT2D eigenvalue weighted by atomic mass is 31.1. The average molecular weight is 584 g/mol. The smallest absolute Gasteiger partial charge is 0.464 e. The van der Waals surface area contributed by atoms with Crippen molar-refractivity contribution < 1.29 is 32.9 Å². The Labute approximate surface area is 236 Å². The Kier molecular flexibility index (Phi) is 12.8. The van der Waals surface area contributed by atoms with E-state index in [1.807, 2.05) is 6.92 Å². The molecule has 2 aromatic rings. The summed E-state index contributed by atoms with van der Waals surface area (Å²) < 4.78 is 37.1. The molecule has 0 radical (unpaired) electrons. The number of hydrogen-bond donors (Lipinski definition) is 2. The summed E-state index contributed by atoms with van der Waals surface area (Å²) >= 11 is 0. The van der Waals surface area contributed by atoms with E-state index in [0.717, 1.165) is 25.7 Å². The first-order valence-electron chi connectivity index (χ1n) is 13.6. The van der Waals surface area contributed by atoms with Gasteiger partial charge in [-0.1, -0.05) is 31.3 Å². The monoisotopic (exact) mass is 583 g/mol. The molecule has 0 aliphatic carbocycles. The highest BCUT2D eigenvalue weighted by Gasteiger charge is 2.48. The normalized spacial score (nSPS) is 14.7. The van der Waals surface area contributed by atoms with Crippen LogP contribution in [0.5, 0.6) is 0 Å². The SMILES string of the molecule is CCCCCCOC(=O)C(C)(C)N[P+](=O)OC(C)(CCO[C@H](C)Cn1cnc2c(N)ncnc21)C(=O)OC(C)C. The zero-order valence-electron chi connectivity index (χ0n) is 24.6. The van der Waals surface area contributed by atoms with Crippen molar-refractivity contribution >= 4 is 37.1 Å². The second kappa shape index (κ2) is 15.3. The van der Waals surface area contributed by atoms with Gasteiger partial charge in [0.25, 0.3) is 0 Å². The van der Waals surface area contributed by atoms with E-state index in [1.165, 1.54) is 13.3 Å². The number of rotatable bonds is 18. The van der Waals surface area contributed by atoms with Gasteiger partial charge >= 0.3 is 20.1 Å². The van der Waals surface area contributed by atoms with Crippen molar-refractivity contribution in [1.29, 1.82) is 0 Å². The number of fused-ring (bicyclic) bond motifs is 1. The molecule has 0 amide bonds. The van der Waals surface area contributed by atoms with Crippen LogP contribution >= 0.6 is 8.18 Å². The maximum absolute atomic E-state index is 13.0. The lowest BCUT2D eigenvalue weighted by atomic mass is 10.0. The Bertz CT molecular complexity index is 1140. The van der Waals surface area contributed by atoms with Crippen LogP contribution in [0.4, 0.5) is 5.82 Å². The third-order valence-corrected chi connectivity index (χ3v) is 7.35. The molecular formula is C26H44N6O7P+. The number of carbonyl (C=O) groups is 2. The second-order valence-corrected chi connectivity index (χ2v) is 11.6. The predicted octanol–water partition coefficient (Wildman–Crippen LogP) is 4.08. The second-order valence-electron chi connectivity index (χ2n) is 10.7. The van der Waals surface area contributed by atoms with E-state index in [2.05, 4.69) is 27.0 Å². The maximum Gasteiger partial charge on any atom is 0.615 e. The molecule has 14 heteroatoms. The van der Waals surface area contributed by atoms with E-state index in [-0.39, 0.29) is 25.7 Å². The fourth-order valence-electron chi connectivity index (χ4n) is 3.69. The summed E-state index contributed by atoms with van der Waals surface area (Å²) in [5.41, 5.74) is 4.04. The van der Waals surface area contributed by atoms with Gasteiger partial charge in [0, 0.05) is 6.42 Å². The Hall–Kier alpha value is -2.73. The Morgan fingerprint density at radius 3 is 2.48 bits per heavy atom. The van der Waals surface area contributed by atoms with Gasteiger partial charge < -0.3 is 24.5 Å². The Balaban J connectivity index is 1.97. The van der Waals surface area contributed by atoms with Gasteiger partial charge in [0.1, 0.15) is 11.8 Å². The molecule has 0 saturated heterocycles. The van der Waals surface area contributed by atoms with Crippen molar-refractivity contribution in [3.8, 4) is 0 Å². The first-order chi connectivity index (χ1) is 18.8. The molecule has 3 N–H and O–H groups in total. The van der Waals surface area contributed by atoms with Crippen LogP contribution in [0.15, 0.2) is 12.7 Å². The number of nitrogens with zero attached hydrogens (tertiary/aromatic N) is 4. The zero-order chi connectivity index (χ0) is 29.9. The third kappa shape index (κ3) is 10.0. The molecular weight excluding hydrogens is 539 g/mol. The standard InChI is InChI=1S/C26H44N6O7P/c1-8-9-10-11-13-37-23(33)25(5,6)31-40(35)39-26(7,24(34)38-18(2)3)12-14-36-19(4)15-32-17-30-20-21(27)28-16-29-22(20)32/h16-19H,8-15H2,1-7H3,(H,31,35)(H2,27,28,29)/q+1/t19-,26?/m1/s1. The van der Waals surface area contributed by atoms with Gasteiger partial charge in [-0.2, -0.15) is 0 Å². The van der Waals surface area contributed by atoms with Gasteiger partial charge in [-0.25, -0.2) is 24.5 Å². The molecule has 0 saturated carbocycles. The van der Waals surface area contributed by atoms with Crippen LogP contribution in [-0.4, -0.2) is 68.0 Å². The number of imidazole rings is 1. The number of hydrogen-bond acceptors (Lipinski definition) is 11. The molecule has 3 atom stereocenters. The summed E-state index contributed by atoms with van der Waals surface area (Å²) in [5.74, 6) is -0.952. The minimum Gasteiger partial charge on any atom is -0.464 e. The highest BCUT2D eigenvalue weighted by molar-refractivity contribution is 7.36. The Morgan fingerprint density at radius 2 is 1.80 bits per heavy atom. The van der Waals surface area contributed by atoms with Crippen molar-refractivity contribution in [1.82, 2.24) is 24.6 Å². The molecule has 2 unspecified atom stereocenters. The van der Waals surface area contributed by atoms with Gasteiger partial charge in [-0.3, -0.25) is 0 Å². The van der Waals surface area contributed by atoms with E-state index >= 15 is 0 Å². The molecule has 0 aliphatic rings. The molecule has 0 aromatic carbocycles. The molecule has 40 heavy (non-hydrogen) atoms. The van der Waals surface area contributed by atoms with Crippen LogP contribution < -0.4 is 10.8 Å². The number of esters is 2. The fraction of sp³-hybridized carbons (Fsp3) is 0.731. The molecule has 0 spiro atoms. The number of unbranched alkanes of at least 4 members (excludes halogenated alkanes) is 3. The summed E-state index contributed by atoms with van der Waals surface area (Å²) in [5, 5.41) is 2.65. The predicted molar refractivity (Wildman–Crippen MR) is 150 cm³/mol. The minimum atomic E-state index is -2.65. The van der Waals surface area contributed by atoms with E-state index in [4.69, 9.17) is 24.5 Å².